The smallest absolute Gasteiger partial charge is 0.276 e. The van der Waals surface area contributed by atoms with E-state index in [4.69, 9.17) is 0 Å². The summed E-state index contributed by atoms with van der Waals surface area (Å²) in [6, 6.07) is 0. The first-order valence-corrected chi connectivity index (χ1v) is 5.17. The molecule has 0 aliphatic heterocycles. The van der Waals surface area contributed by atoms with Crippen molar-refractivity contribution in [1.82, 2.24) is 4.31 Å². The van der Waals surface area contributed by atoms with Gasteiger partial charge in [0, 0.05) is 24.0 Å². The Hall–Kier alpha value is -0.0200. The zero-order chi connectivity index (χ0) is 9.61. The highest BCUT2D eigenvalue weighted by Crippen LogP contribution is 2.25. The Balaban J connectivity index is 4.14. The third kappa shape index (κ3) is 3.59. The Labute approximate surface area is 79.8 Å². The molecule has 0 N–H and O–H groups in total. The van der Waals surface area contributed by atoms with Crippen LogP contribution < -0.4 is 0 Å². The van der Waals surface area contributed by atoms with E-state index in [1.165, 1.54) is 0 Å². The van der Waals surface area contributed by atoms with Gasteiger partial charge >= 0.3 is 0 Å². The van der Waals surface area contributed by atoms with E-state index in [9.17, 15) is 4.79 Å². The molecule has 1 radical (unpaired) electrons. The van der Waals surface area contributed by atoms with Crippen molar-refractivity contribution in [2.24, 2.45) is 0 Å². The molecule has 2 nitrogen and oxygen atoms in total. The maximum Gasteiger partial charge on any atom is 0.282 e. The van der Waals surface area contributed by atoms with Crippen molar-refractivity contribution in [2.45, 2.75) is 46.1 Å². The van der Waals surface area contributed by atoms with Gasteiger partial charge in [0.2, 0.25) is 0 Å². The molecule has 0 unspecified atom stereocenters. The SMILES string of the molecule is CCCC(C)(C)N(CC)S[C]=O. The van der Waals surface area contributed by atoms with Crippen molar-refractivity contribution in [3.05, 3.63) is 0 Å². The molecule has 0 spiro atoms. The fraction of sp³-hybridized carbons (Fsp3) is 0.889. The van der Waals surface area contributed by atoms with Gasteiger partial charge in [0.05, 0.1) is 0 Å². The molecule has 0 saturated carbocycles. The first-order chi connectivity index (χ1) is 5.58. The van der Waals surface area contributed by atoms with Crippen LogP contribution in [-0.2, 0) is 4.79 Å². The highest BCUT2D eigenvalue weighted by Gasteiger charge is 2.24. The molecule has 71 valence electrons. The monoisotopic (exact) mass is 188 g/mol. The standard InChI is InChI=1S/C9H18NOS/c1-5-7-9(3,4)10(6-2)12-8-11/h5-7H2,1-4H3. The van der Waals surface area contributed by atoms with Gasteiger partial charge < -0.3 is 0 Å². The minimum Gasteiger partial charge on any atom is -0.276 e. The first kappa shape index (κ1) is 12.0. The van der Waals surface area contributed by atoms with Gasteiger partial charge in [-0.25, -0.2) is 4.31 Å². The van der Waals surface area contributed by atoms with Gasteiger partial charge in [-0.3, -0.25) is 4.79 Å². The molecule has 0 aromatic carbocycles. The normalized spacial score (nSPS) is 12.1. The second-order valence-electron chi connectivity index (χ2n) is 3.43. The fourth-order valence-electron chi connectivity index (χ4n) is 1.40. The lowest BCUT2D eigenvalue weighted by Gasteiger charge is -2.34. The Morgan fingerprint density at radius 1 is 1.42 bits per heavy atom. The maximum absolute atomic E-state index is 10.2. The van der Waals surface area contributed by atoms with Gasteiger partial charge in [-0.15, -0.1) is 0 Å². The van der Waals surface area contributed by atoms with Crippen LogP contribution in [-0.4, -0.2) is 22.0 Å². The fourth-order valence-corrected chi connectivity index (χ4v) is 1.96. The third-order valence-electron chi connectivity index (χ3n) is 1.97. The van der Waals surface area contributed by atoms with Crippen LogP contribution in [0.3, 0.4) is 0 Å². The van der Waals surface area contributed by atoms with Gasteiger partial charge in [-0.2, -0.15) is 0 Å². The van der Waals surface area contributed by atoms with E-state index in [1.54, 1.807) is 0 Å². The van der Waals surface area contributed by atoms with E-state index >= 15 is 0 Å². The number of rotatable bonds is 6. The Morgan fingerprint density at radius 2 is 2.00 bits per heavy atom. The summed E-state index contributed by atoms with van der Waals surface area (Å²) in [6.07, 6.45) is 2.25. The van der Waals surface area contributed by atoms with Gasteiger partial charge in [0.15, 0.2) is 0 Å². The molecule has 0 amide bonds. The van der Waals surface area contributed by atoms with Gasteiger partial charge in [0.1, 0.15) is 0 Å². The van der Waals surface area contributed by atoms with Crippen molar-refractivity contribution in [3.8, 4) is 0 Å². The Morgan fingerprint density at radius 3 is 2.33 bits per heavy atom. The summed E-state index contributed by atoms with van der Waals surface area (Å²) in [4.78, 5) is 10.2. The van der Waals surface area contributed by atoms with Gasteiger partial charge in [-0.1, -0.05) is 20.3 Å². The topological polar surface area (TPSA) is 20.3 Å². The van der Waals surface area contributed by atoms with E-state index in [-0.39, 0.29) is 5.54 Å². The zero-order valence-corrected chi connectivity index (χ0v) is 9.20. The molecule has 0 bridgehead atoms. The minimum absolute atomic E-state index is 0.103. The molecule has 0 saturated heterocycles. The molecule has 0 aliphatic rings. The first-order valence-electron chi connectivity index (χ1n) is 4.40. The molecule has 0 heterocycles. The average Bonchev–Trinajstić information content (AvgIpc) is 1.99. The van der Waals surface area contributed by atoms with Crippen molar-refractivity contribution in [3.63, 3.8) is 0 Å². The summed E-state index contributed by atoms with van der Waals surface area (Å²) in [7, 11) is 0. The Kier molecular flexibility index (Phi) is 5.59. The van der Waals surface area contributed by atoms with Crippen molar-refractivity contribution >= 4 is 17.6 Å². The second-order valence-corrected chi connectivity index (χ2v) is 4.22. The molecule has 12 heavy (non-hydrogen) atoms. The molecule has 0 aromatic heterocycles. The second kappa shape index (κ2) is 5.60. The summed E-state index contributed by atoms with van der Waals surface area (Å²) >= 11 is 1.15. The molecular formula is C9H18NOS. The van der Waals surface area contributed by atoms with E-state index in [0.717, 1.165) is 31.3 Å². The van der Waals surface area contributed by atoms with E-state index in [1.807, 2.05) is 5.62 Å². The molecule has 0 fully saturated rings. The van der Waals surface area contributed by atoms with Gasteiger partial charge in [0.25, 0.3) is 5.62 Å². The highest BCUT2D eigenvalue weighted by molar-refractivity contribution is 8.09. The van der Waals surface area contributed by atoms with Crippen LogP contribution >= 0.6 is 11.9 Å². The zero-order valence-electron chi connectivity index (χ0n) is 8.39. The van der Waals surface area contributed by atoms with Crippen molar-refractivity contribution in [2.75, 3.05) is 6.54 Å². The van der Waals surface area contributed by atoms with Crippen LogP contribution in [0.2, 0.25) is 0 Å². The van der Waals surface area contributed by atoms with Crippen LogP contribution in [0.1, 0.15) is 40.5 Å². The Bertz CT molecular complexity index is 136. The van der Waals surface area contributed by atoms with Crippen LogP contribution in [0.4, 0.5) is 0 Å². The van der Waals surface area contributed by atoms with Crippen LogP contribution in [0.25, 0.3) is 0 Å². The summed E-state index contributed by atoms with van der Waals surface area (Å²) in [5, 5.41) is 0. The van der Waals surface area contributed by atoms with E-state index < -0.39 is 0 Å². The predicted octanol–water partition coefficient (Wildman–Crippen LogP) is 2.60. The lowest BCUT2D eigenvalue weighted by Crippen LogP contribution is -2.38. The lowest BCUT2D eigenvalue weighted by molar-refractivity contribution is 0.241. The average molecular weight is 188 g/mol. The lowest BCUT2D eigenvalue weighted by atomic mass is 9.99. The molecule has 0 aromatic rings. The predicted molar refractivity (Wildman–Crippen MR) is 54.7 cm³/mol. The molecule has 0 atom stereocenters. The number of hydrogen-bond donors (Lipinski definition) is 0. The van der Waals surface area contributed by atoms with Crippen LogP contribution in [0, 0.1) is 0 Å². The molecule has 3 heteroatoms. The molecular weight excluding hydrogens is 170 g/mol. The van der Waals surface area contributed by atoms with Crippen LogP contribution in [0.5, 0.6) is 0 Å². The van der Waals surface area contributed by atoms with E-state index in [2.05, 4.69) is 32.0 Å². The van der Waals surface area contributed by atoms with Crippen LogP contribution in [0.15, 0.2) is 0 Å². The molecule has 0 aliphatic carbocycles. The number of carbonyl (C=O) groups excluding carboxylic acids is 1. The largest absolute Gasteiger partial charge is 0.282 e. The van der Waals surface area contributed by atoms with Gasteiger partial charge in [-0.05, 0) is 20.3 Å². The van der Waals surface area contributed by atoms with Crippen molar-refractivity contribution in [1.29, 1.82) is 0 Å². The summed E-state index contributed by atoms with van der Waals surface area (Å²) < 4.78 is 2.07. The quantitative estimate of drug-likeness (QED) is 0.598. The number of hydrogen-bond acceptors (Lipinski definition) is 3. The highest BCUT2D eigenvalue weighted by atomic mass is 32.2. The summed E-state index contributed by atoms with van der Waals surface area (Å²) in [6.45, 7) is 9.41. The van der Waals surface area contributed by atoms with E-state index in [0.29, 0.717) is 0 Å². The third-order valence-corrected chi connectivity index (χ3v) is 3.02. The number of nitrogens with zero attached hydrogens (tertiary/aromatic N) is 1. The minimum atomic E-state index is 0.103. The molecule has 0 rings (SSSR count). The maximum atomic E-state index is 10.2. The summed E-state index contributed by atoms with van der Waals surface area (Å²) in [5.41, 5.74) is 1.98. The van der Waals surface area contributed by atoms with Crippen molar-refractivity contribution < 1.29 is 4.79 Å². The summed E-state index contributed by atoms with van der Waals surface area (Å²) in [5.74, 6) is 0.